The van der Waals surface area contributed by atoms with Crippen molar-refractivity contribution in [1.82, 2.24) is 10.3 Å². The maximum atomic E-state index is 12.4. The van der Waals surface area contributed by atoms with Gasteiger partial charge < -0.3 is 15.3 Å². The summed E-state index contributed by atoms with van der Waals surface area (Å²) in [7, 11) is 0. The minimum Gasteiger partial charge on any atom is -0.475 e. The Bertz CT molecular complexity index is 630. The molecule has 2 heterocycles. The summed E-state index contributed by atoms with van der Waals surface area (Å²) in [5, 5.41) is 9.87. The molecule has 1 amide bonds. The fraction of sp³-hybridized carbons (Fsp3) is 0.500. The van der Waals surface area contributed by atoms with Crippen LogP contribution in [0.2, 0.25) is 0 Å². The van der Waals surface area contributed by atoms with Gasteiger partial charge in [-0.05, 0) is 19.1 Å². The number of carboxylic acid groups (broad SMARTS) is 1. The smallest absolute Gasteiger partial charge is 0.475 e. The molecule has 2 rings (SSSR count). The normalized spacial score (nSPS) is 18.3. The van der Waals surface area contributed by atoms with Gasteiger partial charge in [-0.1, -0.05) is 0 Å². The maximum absolute atomic E-state index is 12.4. The fourth-order valence-electron chi connectivity index (χ4n) is 1.97. The SMILES string of the molecule is CC1CNC(=O)CCN1c1ccc(C(F)(F)F)cn1.O=C(O)C(F)(F)F. The zero-order valence-corrected chi connectivity index (χ0v) is 13.4. The van der Waals surface area contributed by atoms with Crippen LogP contribution in [0.25, 0.3) is 0 Å². The number of anilines is 1. The van der Waals surface area contributed by atoms with E-state index in [1.165, 1.54) is 6.07 Å². The molecule has 146 valence electrons. The van der Waals surface area contributed by atoms with Crippen molar-refractivity contribution < 1.29 is 41.0 Å². The quantitative estimate of drug-likeness (QED) is 0.724. The van der Waals surface area contributed by atoms with Crippen LogP contribution in [0.4, 0.5) is 32.2 Å². The highest BCUT2D eigenvalue weighted by atomic mass is 19.4. The molecular formula is C14H15F6N3O3. The van der Waals surface area contributed by atoms with Gasteiger partial charge in [0.15, 0.2) is 0 Å². The average molecular weight is 387 g/mol. The second kappa shape index (κ2) is 8.23. The monoisotopic (exact) mass is 387 g/mol. The molecule has 0 saturated carbocycles. The lowest BCUT2D eigenvalue weighted by Crippen LogP contribution is -2.38. The van der Waals surface area contributed by atoms with Gasteiger partial charge in [-0.3, -0.25) is 4.79 Å². The molecule has 1 fully saturated rings. The predicted octanol–water partition coefficient (Wildman–Crippen LogP) is 2.45. The van der Waals surface area contributed by atoms with Crippen LogP contribution in [0.5, 0.6) is 0 Å². The molecular weight excluding hydrogens is 372 g/mol. The van der Waals surface area contributed by atoms with E-state index >= 15 is 0 Å². The molecule has 1 unspecified atom stereocenters. The van der Waals surface area contributed by atoms with Gasteiger partial charge in [0.05, 0.1) is 5.56 Å². The largest absolute Gasteiger partial charge is 0.490 e. The standard InChI is InChI=1S/C12H14F3N3O.C2HF3O2/c1-8-6-17-11(19)4-5-18(8)10-3-2-9(7-16-10)12(13,14)15;3-2(4,5)1(6)7/h2-3,7-8H,4-6H2,1H3,(H,17,19);(H,6,7). The van der Waals surface area contributed by atoms with Crippen LogP contribution in [0.1, 0.15) is 18.9 Å². The molecule has 12 heteroatoms. The Balaban J connectivity index is 0.000000412. The molecule has 1 atom stereocenters. The van der Waals surface area contributed by atoms with Crippen molar-refractivity contribution in [3.63, 3.8) is 0 Å². The molecule has 1 aromatic heterocycles. The highest BCUT2D eigenvalue weighted by Gasteiger charge is 2.38. The Hall–Kier alpha value is -2.53. The van der Waals surface area contributed by atoms with Crippen LogP contribution in [0, 0.1) is 0 Å². The molecule has 2 N–H and O–H groups in total. The second-order valence-electron chi connectivity index (χ2n) is 5.30. The summed E-state index contributed by atoms with van der Waals surface area (Å²) in [4.78, 5) is 25.9. The van der Waals surface area contributed by atoms with E-state index in [2.05, 4.69) is 10.3 Å². The second-order valence-corrected chi connectivity index (χ2v) is 5.30. The van der Waals surface area contributed by atoms with Gasteiger partial charge in [-0.15, -0.1) is 0 Å². The summed E-state index contributed by atoms with van der Waals surface area (Å²) >= 11 is 0. The Kier molecular flexibility index (Phi) is 6.81. The number of rotatable bonds is 1. The van der Waals surface area contributed by atoms with E-state index in [1.807, 2.05) is 11.8 Å². The lowest BCUT2D eigenvalue weighted by atomic mass is 10.2. The molecule has 0 spiro atoms. The number of carboxylic acids is 1. The van der Waals surface area contributed by atoms with Gasteiger partial charge in [0.2, 0.25) is 5.91 Å². The van der Waals surface area contributed by atoms with E-state index in [9.17, 15) is 31.1 Å². The minimum absolute atomic E-state index is 0.00399. The van der Waals surface area contributed by atoms with Gasteiger partial charge in [0.1, 0.15) is 5.82 Å². The Labute approximate surface area is 143 Å². The average Bonchev–Trinajstić information content (AvgIpc) is 2.68. The number of carbonyl (C=O) groups excluding carboxylic acids is 1. The molecule has 1 saturated heterocycles. The Morgan fingerprint density at radius 1 is 1.27 bits per heavy atom. The third kappa shape index (κ3) is 6.41. The lowest BCUT2D eigenvalue weighted by Gasteiger charge is -2.27. The fourth-order valence-corrected chi connectivity index (χ4v) is 1.97. The van der Waals surface area contributed by atoms with Crippen molar-refractivity contribution in [1.29, 1.82) is 0 Å². The first-order chi connectivity index (χ1) is 11.8. The van der Waals surface area contributed by atoms with E-state index in [4.69, 9.17) is 9.90 Å². The highest BCUT2D eigenvalue weighted by Crippen LogP contribution is 2.29. The Morgan fingerprint density at radius 3 is 2.27 bits per heavy atom. The summed E-state index contributed by atoms with van der Waals surface area (Å²) in [5.74, 6) is -2.36. The molecule has 1 aromatic rings. The molecule has 1 aliphatic rings. The number of nitrogens with one attached hydrogen (secondary N) is 1. The van der Waals surface area contributed by atoms with Crippen LogP contribution in [-0.2, 0) is 15.8 Å². The summed E-state index contributed by atoms with van der Waals surface area (Å²) in [5.41, 5.74) is -0.770. The van der Waals surface area contributed by atoms with Crippen molar-refractivity contribution >= 4 is 17.7 Å². The summed E-state index contributed by atoms with van der Waals surface area (Å²) in [6, 6.07) is 2.35. The van der Waals surface area contributed by atoms with Gasteiger partial charge in [-0.2, -0.15) is 26.3 Å². The highest BCUT2D eigenvalue weighted by molar-refractivity contribution is 5.77. The van der Waals surface area contributed by atoms with E-state index in [0.29, 0.717) is 25.3 Å². The molecule has 26 heavy (non-hydrogen) atoms. The van der Waals surface area contributed by atoms with Gasteiger partial charge in [-0.25, -0.2) is 9.78 Å². The van der Waals surface area contributed by atoms with Crippen molar-refractivity contribution in [3.8, 4) is 0 Å². The number of hydrogen-bond acceptors (Lipinski definition) is 4. The van der Waals surface area contributed by atoms with E-state index in [-0.39, 0.29) is 11.9 Å². The topological polar surface area (TPSA) is 82.5 Å². The number of nitrogens with zero attached hydrogens (tertiary/aromatic N) is 2. The van der Waals surface area contributed by atoms with Crippen LogP contribution >= 0.6 is 0 Å². The van der Waals surface area contributed by atoms with Crippen molar-refractivity contribution in [2.24, 2.45) is 0 Å². The van der Waals surface area contributed by atoms with Crippen LogP contribution in [-0.4, -0.2) is 47.3 Å². The van der Waals surface area contributed by atoms with Crippen molar-refractivity contribution in [2.45, 2.75) is 31.7 Å². The summed E-state index contributed by atoms with van der Waals surface area (Å²) < 4.78 is 69.1. The number of pyridine rings is 1. The predicted molar refractivity (Wildman–Crippen MR) is 77.4 cm³/mol. The summed E-state index contributed by atoms with van der Waals surface area (Å²) in [6.45, 7) is 2.80. The van der Waals surface area contributed by atoms with Crippen molar-refractivity contribution in [2.75, 3.05) is 18.0 Å². The molecule has 1 aliphatic heterocycles. The summed E-state index contributed by atoms with van der Waals surface area (Å²) in [6.07, 6.45) is -8.33. The number of aliphatic carboxylic acids is 1. The number of halogens is 6. The molecule has 0 aliphatic carbocycles. The van der Waals surface area contributed by atoms with E-state index in [1.54, 1.807) is 0 Å². The lowest BCUT2D eigenvalue weighted by molar-refractivity contribution is -0.192. The number of carbonyl (C=O) groups is 2. The van der Waals surface area contributed by atoms with Crippen LogP contribution in [0.15, 0.2) is 18.3 Å². The first kappa shape index (κ1) is 21.5. The number of alkyl halides is 6. The first-order valence-electron chi connectivity index (χ1n) is 7.19. The van der Waals surface area contributed by atoms with E-state index < -0.39 is 23.9 Å². The molecule has 0 bridgehead atoms. The van der Waals surface area contributed by atoms with E-state index in [0.717, 1.165) is 12.3 Å². The van der Waals surface area contributed by atoms with Gasteiger partial charge >= 0.3 is 18.3 Å². The first-order valence-corrected chi connectivity index (χ1v) is 7.19. The van der Waals surface area contributed by atoms with Crippen molar-refractivity contribution in [3.05, 3.63) is 23.9 Å². The number of aromatic nitrogens is 1. The van der Waals surface area contributed by atoms with Crippen LogP contribution < -0.4 is 10.2 Å². The van der Waals surface area contributed by atoms with Crippen LogP contribution in [0.3, 0.4) is 0 Å². The zero-order valence-electron chi connectivity index (χ0n) is 13.4. The minimum atomic E-state index is -5.08. The Morgan fingerprint density at radius 2 is 1.85 bits per heavy atom. The van der Waals surface area contributed by atoms with Gasteiger partial charge in [0, 0.05) is 31.7 Å². The number of amides is 1. The molecule has 0 radical (unpaired) electrons. The zero-order chi connectivity index (χ0) is 20.1. The van der Waals surface area contributed by atoms with Gasteiger partial charge in [0.25, 0.3) is 0 Å². The third-order valence-corrected chi connectivity index (χ3v) is 3.32. The third-order valence-electron chi connectivity index (χ3n) is 3.32. The molecule has 0 aromatic carbocycles. The number of hydrogen-bond donors (Lipinski definition) is 2. The molecule has 6 nitrogen and oxygen atoms in total. The maximum Gasteiger partial charge on any atom is 0.490 e.